The van der Waals surface area contributed by atoms with Crippen LogP contribution in [-0.2, 0) is 20.1 Å². The first-order chi connectivity index (χ1) is 13.6. The molecule has 2 aromatic heterocycles. The molecule has 0 aliphatic heterocycles. The van der Waals surface area contributed by atoms with Crippen molar-refractivity contribution in [1.29, 1.82) is 0 Å². The molecule has 1 N–H and O–H groups in total. The molecule has 7 nitrogen and oxygen atoms in total. The molecule has 1 aromatic carbocycles. The summed E-state index contributed by atoms with van der Waals surface area (Å²) in [6, 6.07) is 10.7. The Bertz CT molecular complexity index is 940. The number of fused-ring (bicyclic) bond motifs is 1. The summed E-state index contributed by atoms with van der Waals surface area (Å²) in [6.45, 7) is 3.10. The van der Waals surface area contributed by atoms with E-state index in [4.69, 9.17) is 9.41 Å². The number of guanidine groups is 1. The number of hydrogen-bond donors (Lipinski definition) is 1. The van der Waals surface area contributed by atoms with E-state index >= 15 is 0 Å². The van der Waals surface area contributed by atoms with Gasteiger partial charge in [-0.25, -0.2) is 4.99 Å². The molecule has 1 aliphatic rings. The number of para-hydroxylation sites is 1. The number of aryl methyl sites for hydroxylation is 1. The fourth-order valence-corrected chi connectivity index (χ4v) is 3.69. The summed E-state index contributed by atoms with van der Waals surface area (Å²) in [7, 11) is 4.03. The molecule has 4 rings (SSSR count). The Morgan fingerprint density at radius 2 is 2.03 bits per heavy atom. The molecule has 0 amide bonds. The van der Waals surface area contributed by atoms with Crippen molar-refractivity contribution < 1.29 is 4.42 Å². The first-order valence-electron chi connectivity index (χ1n) is 9.94. The predicted octanol–water partition coefficient (Wildman–Crippen LogP) is 4.01. The molecule has 8 heteroatoms. The maximum Gasteiger partial charge on any atom is 0.194 e. The molecule has 1 saturated carbocycles. The molecule has 1 fully saturated rings. The molecule has 0 spiro atoms. The molecule has 0 saturated heterocycles. The van der Waals surface area contributed by atoms with Crippen molar-refractivity contribution in [2.75, 3.05) is 7.05 Å². The van der Waals surface area contributed by atoms with Crippen molar-refractivity contribution in [3.8, 4) is 0 Å². The second kappa shape index (κ2) is 9.60. The van der Waals surface area contributed by atoms with Gasteiger partial charge in [-0.2, -0.15) is 0 Å². The van der Waals surface area contributed by atoms with Gasteiger partial charge in [-0.1, -0.05) is 31.0 Å². The average Bonchev–Trinajstić information content (AvgIpc) is 3.41. The minimum absolute atomic E-state index is 0. The van der Waals surface area contributed by atoms with Gasteiger partial charge >= 0.3 is 0 Å². The third kappa shape index (κ3) is 5.09. The first-order valence-corrected chi connectivity index (χ1v) is 9.94. The van der Waals surface area contributed by atoms with Crippen LogP contribution in [0.15, 0.2) is 39.7 Å². The first kappa shape index (κ1) is 21.6. The highest BCUT2D eigenvalue weighted by atomic mass is 127. The predicted molar refractivity (Wildman–Crippen MR) is 125 cm³/mol. The van der Waals surface area contributed by atoms with Crippen LogP contribution >= 0.6 is 24.0 Å². The lowest BCUT2D eigenvalue weighted by atomic mass is 10.2. The molecule has 0 atom stereocenters. The van der Waals surface area contributed by atoms with Gasteiger partial charge in [-0.05, 0) is 31.9 Å². The Balaban J connectivity index is 0.00000240. The lowest BCUT2D eigenvalue weighted by Crippen LogP contribution is -2.43. The van der Waals surface area contributed by atoms with Gasteiger partial charge in [-0.15, -0.1) is 34.2 Å². The van der Waals surface area contributed by atoms with Crippen LogP contribution in [0.3, 0.4) is 0 Å². The van der Waals surface area contributed by atoms with Gasteiger partial charge in [0, 0.05) is 25.5 Å². The van der Waals surface area contributed by atoms with Crippen molar-refractivity contribution >= 4 is 40.9 Å². The van der Waals surface area contributed by atoms with Crippen LogP contribution in [0.4, 0.5) is 0 Å². The summed E-state index contributed by atoms with van der Waals surface area (Å²) in [6.07, 6.45) is 4.95. The zero-order valence-electron chi connectivity index (χ0n) is 17.3. The van der Waals surface area contributed by atoms with E-state index in [0.29, 0.717) is 19.1 Å². The van der Waals surface area contributed by atoms with E-state index in [-0.39, 0.29) is 24.0 Å². The normalized spacial score (nSPS) is 14.9. The van der Waals surface area contributed by atoms with E-state index < -0.39 is 0 Å². The van der Waals surface area contributed by atoms with Crippen molar-refractivity contribution in [2.45, 2.75) is 51.7 Å². The fraction of sp³-hybridized carbons (Fsp3) is 0.476. The zero-order chi connectivity index (χ0) is 19.5. The maximum atomic E-state index is 5.99. The summed E-state index contributed by atoms with van der Waals surface area (Å²) in [5, 5.41) is 13.1. The Morgan fingerprint density at radius 1 is 1.28 bits per heavy atom. The van der Waals surface area contributed by atoms with Crippen LogP contribution < -0.4 is 5.32 Å². The molecule has 156 valence electrons. The highest BCUT2D eigenvalue weighted by molar-refractivity contribution is 14.0. The third-order valence-electron chi connectivity index (χ3n) is 5.47. The van der Waals surface area contributed by atoms with E-state index in [0.717, 1.165) is 34.3 Å². The number of aromatic nitrogens is 3. The molecular formula is C21H29IN6O. The van der Waals surface area contributed by atoms with Crippen molar-refractivity contribution in [1.82, 2.24) is 25.0 Å². The second-order valence-electron chi connectivity index (χ2n) is 7.59. The van der Waals surface area contributed by atoms with Gasteiger partial charge in [-0.3, -0.25) is 0 Å². The van der Waals surface area contributed by atoms with Crippen LogP contribution in [0, 0.1) is 6.92 Å². The standard InChI is InChI=1S/C21H28N6O.HI/c1-15-24-25-20(27(15)3)13-22-21(23-17-9-5-6-10-17)26(2)14-18-12-16-8-4-7-11-19(16)28-18;/h4,7-8,11-12,17H,5-6,9-10,13-14H2,1-3H3,(H,22,23);1H. The number of furan rings is 1. The fourth-order valence-electron chi connectivity index (χ4n) is 3.69. The number of hydrogen-bond acceptors (Lipinski definition) is 4. The van der Waals surface area contributed by atoms with Crippen LogP contribution in [-0.4, -0.2) is 38.7 Å². The van der Waals surface area contributed by atoms with Crippen molar-refractivity contribution in [3.05, 3.63) is 47.7 Å². The largest absolute Gasteiger partial charge is 0.459 e. The third-order valence-corrected chi connectivity index (χ3v) is 5.47. The highest BCUT2D eigenvalue weighted by Gasteiger charge is 2.19. The van der Waals surface area contributed by atoms with Gasteiger partial charge in [0.15, 0.2) is 11.8 Å². The monoisotopic (exact) mass is 508 g/mol. The van der Waals surface area contributed by atoms with E-state index in [1.165, 1.54) is 25.7 Å². The van der Waals surface area contributed by atoms with E-state index in [1.54, 1.807) is 0 Å². The lowest BCUT2D eigenvalue weighted by molar-refractivity contribution is 0.403. The molecule has 29 heavy (non-hydrogen) atoms. The van der Waals surface area contributed by atoms with Crippen LogP contribution in [0.2, 0.25) is 0 Å². The molecule has 2 heterocycles. The summed E-state index contributed by atoms with van der Waals surface area (Å²) < 4.78 is 7.98. The number of nitrogens with zero attached hydrogens (tertiary/aromatic N) is 5. The zero-order valence-corrected chi connectivity index (χ0v) is 19.6. The molecule has 0 unspecified atom stereocenters. The van der Waals surface area contributed by atoms with Crippen molar-refractivity contribution in [3.63, 3.8) is 0 Å². The Labute approximate surface area is 188 Å². The number of halogens is 1. The van der Waals surface area contributed by atoms with Gasteiger partial charge in [0.05, 0.1) is 6.54 Å². The van der Waals surface area contributed by atoms with Gasteiger partial charge < -0.3 is 19.2 Å². The summed E-state index contributed by atoms with van der Waals surface area (Å²) in [4.78, 5) is 6.97. The maximum absolute atomic E-state index is 5.99. The van der Waals surface area contributed by atoms with Gasteiger partial charge in [0.1, 0.15) is 23.7 Å². The topological polar surface area (TPSA) is 71.5 Å². The van der Waals surface area contributed by atoms with Crippen LogP contribution in [0.1, 0.15) is 43.1 Å². The number of rotatable bonds is 5. The van der Waals surface area contributed by atoms with Gasteiger partial charge in [0.2, 0.25) is 0 Å². The smallest absolute Gasteiger partial charge is 0.194 e. The minimum atomic E-state index is 0. The summed E-state index contributed by atoms with van der Waals surface area (Å²) in [5.41, 5.74) is 0.919. The van der Waals surface area contributed by atoms with E-state index in [1.807, 2.05) is 36.7 Å². The number of benzene rings is 1. The van der Waals surface area contributed by atoms with Crippen molar-refractivity contribution in [2.24, 2.45) is 12.0 Å². The minimum Gasteiger partial charge on any atom is -0.459 e. The Hall–Kier alpha value is -2.10. The summed E-state index contributed by atoms with van der Waals surface area (Å²) >= 11 is 0. The quantitative estimate of drug-likeness (QED) is 0.321. The highest BCUT2D eigenvalue weighted by Crippen LogP contribution is 2.21. The molecule has 0 radical (unpaired) electrons. The average molecular weight is 508 g/mol. The Kier molecular flexibility index (Phi) is 7.15. The van der Waals surface area contributed by atoms with E-state index in [9.17, 15) is 0 Å². The number of aliphatic imine (C=N–C) groups is 1. The second-order valence-corrected chi connectivity index (χ2v) is 7.59. The molecular weight excluding hydrogens is 479 g/mol. The molecule has 1 aliphatic carbocycles. The SMILES string of the molecule is Cc1nnc(CN=C(NC2CCCC2)N(C)Cc2cc3ccccc3o2)n1C.I. The summed E-state index contributed by atoms with van der Waals surface area (Å²) in [5.74, 6) is 3.57. The number of nitrogens with one attached hydrogen (secondary N) is 1. The van der Waals surface area contributed by atoms with Crippen LogP contribution in [0.25, 0.3) is 11.0 Å². The molecule has 0 bridgehead atoms. The lowest BCUT2D eigenvalue weighted by Gasteiger charge is -2.24. The molecule has 3 aromatic rings. The van der Waals surface area contributed by atoms with Crippen LogP contribution in [0.5, 0.6) is 0 Å². The Morgan fingerprint density at radius 3 is 2.72 bits per heavy atom. The van der Waals surface area contributed by atoms with E-state index in [2.05, 4.69) is 39.6 Å². The van der Waals surface area contributed by atoms with Gasteiger partial charge in [0.25, 0.3) is 0 Å².